The Morgan fingerprint density at radius 2 is 2.05 bits per heavy atom. The number of aromatic nitrogens is 2. The minimum atomic E-state index is -1.20. The number of carbonyl (C=O) groups is 1. The number of nitrogens with two attached hydrogens (primary N) is 1. The van der Waals surface area contributed by atoms with Crippen LogP contribution in [0.2, 0.25) is 0 Å². The van der Waals surface area contributed by atoms with Crippen LogP contribution in [0.5, 0.6) is 5.88 Å². The molecule has 1 amide bonds. The van der Waals surface area contributed by atoms with Gasteiger partial charge in [-0.3, -0.25) is 14.6 Å². The second kappa shape index (κ2) is 4.41. The third-order valence-electron chi connectivity index (χ3n) is 2.40. The van der Waals surface area contributed by atoms with Crippen molar-refractivity contribution in [2.75, 3.05) is 0 Å². The lowest BCUT2D eigenvalue weighted by atomic mass is 10.2. The lowest BCUT2D eigenvalue weighted by Gasteiger charge is -2.09. The average molecular weight is 265 g/mol. The first-order chi connectivity index (χ1) is 8.91. The standard InChI is InChI=1S/C11H8FN3O4/c12-5-2-1-3-6(4-5)15-10(18)7(8(13)16)9(17)14-11(15)19/h1-4,18H,(H2,13,16)(H,14,17,19). The van der Waals surface area contributed by atoms with Gasteiger partial charge < -0.3 is 10.8 Å². The molecule has 4 N–H and O–H groups in total. The summed E-state index contributed by atoms with van der Waals surface area (Å²) in [5.41, 5.74) is 1.98. The predicted octanol–water partition coefficient (Wildman–Crippen LogP) is -0.531. The Morgan fingerprint density at radius 1 is 1.37 bits per heavy atom. The molecule has 0 spiro atoms. The quantitative estimate of drug-likeness (QED) is 0.676. The van der Waals surface area contributed by atoms with Gasteiger partial charge in [0.1, 0.15) is 5.82 Å². The molecule has 0 aliphatic heterocycles. The minimum Gasteiger partial charge on any atom is -0.493 e. The molecule has 7 nitrogen and oxygen atoms in total. The van der Waals surface area contributed by atoms with Gasteiger partial charge >= 0.3 is 5.69 Å². The number of carbonyl (C=O) groups excluding carboxylic acids is 1. The van der Waals surface area contributed by atoms with E-state index in [1.807, 2.05) is 4.98 Å². The van der Waals surface area contributed by atoms with Crippen LogP contribution in [-0.4, -0.2) is 20.6 Å². The minimum absolute atomic E-state index is 0.0544. The van der Waals surface area contributed by atoms with Crippen molar-refractivity contribution >= 4 is 5.91 Å². The van der Waals surface area contributed by atoms with Gasteiger partial charge in [-0.05, 0) is 18.2 Å². The summed E-state index contributed by atoms with van der Waals surface area (Å²) in [5, 5.41) is 9.78. The van der Waals surface area contributed by atoms with Crippen molar-refractivity contribution in [3.05, 3.63) is 56.5 Å². The molecule has 0 atom stereocenters. The van der Waals surface area contributed by atoms with E-state index in [1.165, 1.54) is 12.1 Å². The van der Waals surface area contributed by atoms with E-state index in [2.05, 4.69) is 0 Å². The van der Waals surface area contributed by atoms with Crippen LogP contribution in [0.4, 0.5) is 4.39 Å². The highest BCUT2D eigenvalue weighted by Crippen LogP contribution is 2.16. The first-order valence-electron chi connectivity index (χ1n) is 5.06. The number of aromatic amines is 1. The fourth-order valence-corrected chi connectivity index (χ4v) is 1.60. The average Bonchev–Trinajstić information content (AvgIpc) is 2.27. The van der Waals surface area contributed by atoms with Crippen LogP contribution in [0, 0.1) is 5.82 Å². The first-order valence-corrected chi connectivity index (χ1v) is 5.06. The predicted molar refractivity (Wildman–Crippen MR) is 62.8 cm³/mol. The monoisotopic (exact) mass is 265 g/mol. The number of hydrogen-bond donors (Lipinski definition) is 3. The Balaban J connectivity index is 2.85. The summed E-state index contributed by atoms with van der Waals surface area (Å²) in [6, 6.07) is 4.69. The summed E-state index contributed by atoms with van der Waals surface area (Å²) in [7, 11) is 0. The molecule has 0 aliphatic carbocycles. The Bertz CT molecular complexity index is 778. The third kappa shape index (κ3) is 2.10. The molecular weight excluding hydrogens is 257 g/mol. The molecule has 0 aliphatic rings. The highest BCUT2D eigenvalue weighted by atomic mass is 19.1. The maximum atomic E-state index is 13.1. The van der Waals surface area contributed by atoms with E-state index in [-0.39, 0.29) is 5.69 Å². The van der Waals surface area contributed by atoms with Gasteiger partial charge in [0, 0.05) is 0 Å². The molecular formula is C11H8FN3O4. The third-order valence-corrected chi connectivity index (χ3v) is 2.40. The van der Waals surface area contributed by atoms with E-state index < -0.39 is 34.4 Å². The molecule has 1 aromatic heterocycles. The molecule has 2 rings (SSSR count). The number of halogens is 1. The molecule has 0 unspecified atom stereocenters. The van der Waals surface area contributed by atoms with E-state index >= 15 is 0 Å². The second-order valence-electron chi connectivity index (χ2n) is 3.64. The van der Waals surface area contributed by atoms with Crippen molar-refractivity contribution in [3.63, 3.8) is 0 Å². The highest BCUT2D eigenvalue weighted by Gasteiger charge is 2.19. The number of primary amides is 1. The van der Waals surface area contributed by atoms with Gasteiger partial charge in [-0.2, -0.15) is 0 Å². The fourth-order valence-electron chi connectivity index (χ4n) is 1.60. The molecule has 19 heavy (non-hydrogen) atoms. The molecule has 0 saturated heterocycles. The van der Waals surface area contributed by atoms with Gasteiger partial charge in [0.05, 0.1) is 5.69 Å². The zero-order chi connectivity index (χ0) is 14.2. The van der Waals surface area contributed by atoms with Gasteiger partial charge in [0.2, 0.25) is 5.88 Å². The van der Waals surface area contributed by atoms with Crippen LogP contribution < -0.4 is 17.0 Å². The van der Waals surface area contributed by atoms with E-state index in [0.717, 1.165) is 12.1 Å². The van der Waals surface area contributed by atoms with E-state index in [0.29, 0.717) is 4.57 Å². The van der Waals surface area contributed by atoms with Crippen LogP contribution in [0.15, 0.2) is 33.9 Å². The van der Waals surface area contributed by atoms with Gasteiger partial charge in [0.15, 0.2) is 5.56 Å². The maximum Gasteiger partial charge on any atom is 0.335 e. The topological polar surface area (TPSA) is 118 Å². The Labute approximate surface area is 104 Å². The van der Waals surface area contributed by atoms with Gasteiger partial charge in [-0.25, -0.2) is 13.8 Å². The first kappa shape index (κ1) is 12.6. The van der Waals surface area contributed by atoms with Gasteiger partial charge in [-0.1, -0.05) is 6.07 Å². The summed E-state index contributed by atoms with van der Waals surface area (Å²) in [4.78, 5) is 35.8. The Morgan fingerprint density at radius 3 is 2.63 bits per heavy atom. The molecule has 0 radical (unpaired) electrons. The molecule has 0 saturated carbocycles. The van der Waals surface area contributed by atoms with Crippen LogP contribution in [0.1, 0.15) is 10.4 Å². The number of benzene rings is 1. The Hall–Kier alpha value is -2.90. The fraction of sp³-hybridized carbons (Fsp3) is 0. The molecule has 98 valence electrons. The normalized spacial score (nSPS) is 10.4. The molecule has 2 aromatic rings. The summed E-state index contributed by atoms with van der Waals surface area (Å²) >= 11 is 0. The largest absolute Gasteiger partial charge is 0.493 e. The number of amides is 1. The number of nitrogens with zero attached hydrogens (tertiary/aromatic N) is 1. The zero-order valence-corrected chi connectivity index (χ0v) is 9.38. The lowest BCUT2D eigenvalue weighted by molar-refractivity contribution is 0.0995. The van der Waals surface area contributed by atoms with Crippen LogP contribution in [-0.2, 0) is 0 Å². The molecule has 0 bridgehead atoms. The van der Waals surface area contributed by atoms with Crippen molar-refractivity contribution in [1.29, 1.82) is 0 Å². The van der Waals surface area contributed by atoms with Crippen molar-refractivity contribution < 1.29 is 14.3 Å². The van der Waals surface area contributed by atoms with Crippen molar-refractivity contribution in [2.45, 2.75) is 0 Å². The lowest BCUT2D eigenvalue weighted by Crippen LogP contribution is -2.34. The van der Waals surface area contributed by atoms with Gasteiger partial charge in [-0.15, -0.1) is 0 Å². The van der Waals surface area contributed by atoms with E-state index in [9.17, 15) is 23.9 Å². The highest BCUT2D eigenvalue weighted by molar-refractivity contribution is 5.94. The summed E-state index contributed by atoms with van der Waals surface area (Å²) in [5.74, 6) is -2.80. The number of H-pyrrole nitrogens is 1. The number of nitrogens with one attached hydrogen (secondary N) is 1. The second-order valence-corrected chi connectivity index (χ2v) is 3.64. The molecule has 8 heteroatoms. The molecule has 0 fully saturated rings. The zero-order valence-electron chi connectivity index (χ0n) is 9.38. The smallest absolute Gasteiger partial charge is 0.335 e. The molecule has 1 heterocycles. The Kier molecular flexibility index (Phi) is 2.91. The van der Waals surface area contributed by atoms with Crippen molar-refractivity contribution in [2.24, 2.45) is 5.73 Å². The summed E-state index contributed by atoms with van der Waals surface area (Å²) in [6.07, 6.45) is 0. The van der Waals surface area contributed by atoms with Crippen molar-refractivity contribution in [3.8, 4) is 11.6 Å². The molecule has 1 aromatic carbocycles. The number of hydrogen-bond acceptors (Lipinski definition) is 4. The van der Waals surface area contributed by atoms with Crippen molar-refractivity contribution in [1.82, 2.24) is 9.55 Å². The van der Waals surface area contributed by atoms with Crippen LogP contribution in [0.25, 0.3) is 5.69 Å². The summed E-state index contributed by atoms with van der Waals surface area (Å²) in [6.45, 7) is 0. The summed E-state index contributed by atoms with van der Waals surface area (Å²) < 4.78 is 13.7. The maximum absolute atomic E-state index is 13.1. The number of aromatic hydroxyl groups is 1. The van der Waals surface area contributed by atoms with E-state index in [1.54, 1.807) is 0 Å². The van der Waals surface area contributed by atoms with Gasteiger partial charge in [0.25, 0.3) is 11.5 Å². The van der Waals surface area contributed by atoms with E-state index in [4.69, 9.17) is 5.73 Å². The number of rotatable bonds is 2. The van der Waals surface area contributed by atoms with Crippen LogP contribution >= 0.6 is 0 Å². The van der Waals surface area contributed by atoms with Crippen LogP contribution in [0.3, 0.4) is 0 Å². The SMILES string of the molecule is NC(=O)c1c(O)n(-c2cccc(F)c2)c(=O)[nH]c1=O.